The van der Waals surface area contributed by atoms with Gasteiger partial charge in [-0.15, -0.1) is 0 Å². The van der Waals surface area contributed by atoms with Gasteiger partial charge in [-0.1, -0.05) is 0 Å². The van der Waals surface area contributed by atoms with Gasteiger partial charge in [-0.2, -0.15) is 5.10 Å². The largest absolute Gasteiger partial charge is 0.383 e. The molecule has 1 aromatic heterocycles. The minimum Gasteiger partial charge on any atom is -0.383 e. The van der Waals surface area contributed by atoms with Crippen LogP contribution < -0.4 is 5.73 Å². The molecule has 1 rings (SSSR count). The zero-order valence-corrected chi connectivity index (χ0v) is 7.53. The standard InChI is InChI=1S/C8H15N3O/c1-7(9)8-5-10-11(6-8)3-4-12-2/h5-7H,3-4,9H2,1-2H3/t7-/m1/s1. The van der Waals surface area contributed by atoms with Crippen molar-refractivity contribution in [2.24, 2.45) is 5.73 Å². The highest BCUT2D eigenvalue weighted by molar-refractivity contribution is 5.07. The fraction of sp³-hybridized carbons (Fsp3) is 0.625. The lowest BCUT2D eigenvalue weighted by Crippen LogP contribution is -2.05. The molecule has 0 bridgehead atoms. The first kappa shape index (κ1) is 9.22. The molecule has 0 aliphatic rings. The normalized spacial score (nSPS) is 13.2. The second-order valence-corrected chi connectivity index (χ2v) is 2.82. The van der Waals surface area contributed by atoms with E-state index >= 15 is 0 Å². The van der Waals surface area contributed by atoms with Crippen molar-refractivity contribution >= 4 is 0 Å². The smallest absolute Gasteiger partial charge is 0.0658 e. The van der Waals surface area contributed by atoms with Gasteiger partial charge < -0.3 is 10.5 Å². The molecule has 0 saturated heterocycles. The average molecular weight is 169 g/mol. The van der Waals surface area contributed by atoms with Crippen molar-refractivity contribution in [2.45, 2.75) is 19.5 Å². The zero-order valence-electron chi connectivity index (χ0n) is 7.53. The average Bonchev–Trinajstić information content (AvgIpc) is 2.48. The highest BCUT2D eigenvalue weighted by Crippen LogP contribution is 2.06. The van der Waals surface area contributed by atoms with Crippen LogP contribution in [0.3, 0.4) is 0 Å². The summed E-state index contributed by atoms with van der Waals surface area (Å²) in [7, 11) is 1.68. The maximum atomic E-state index is 5.67. The molecule has 0 spiro atoms. The second-order valence-electron chi connectivity index (χ2n) is 2.82. The molecule has 4 heteroatoms. The molecule has 0 aliphatic heterocycles. The van der Waals surface area contributed by atoms with Crippen LogP contribution in [0.5, 0.6) is 0 Å². The topological polar surface area (TPSA) is 53.1 Å². The van der Waals surface area contributed by atoms with Gasteiger partial charge in [0.2, 0.25) is 0 Å². The van der Waals surface area contributed by atoms with Crippen LogP contribution in [-0.4, -0.2) is 23.5 Å². The molecule has 0 unspecified atom stereocenters. The Balaban J connectivity index is 2.52. The highest BCUT2D eigenvalue weighted by atomic mass is 16.5. The first-order valence-electron chi connectivity index (χ1n) is 4.01. The van der Waals surface area contributed by atoms with Crippen LogP contribution in [0.25, 0.3) is 0 Å². The third kappa shape index (κ3) is 2.32. The van der Waals surface area contributed by atoms with E-state index in [2.05, 4.69) is 5.10 Å². The summed E-state index contributed by atoms with van der Waals surface area (Å²) in [5, 5.41) is 4.13. The lowest BCUT2D eigenvalue weighted by molar-refractivity contribution is 0.183. The molecule has 1 atom stereocenters. The zero-order chi connectivity index (χ0) is 8.97. The molecule has 1 aromatic rings. The maximum Gasteiger partial charge on any atom is 0.0658 e. The Morgan fingerprint density at radius 2 is 2.50 bits per heavy atom. The molecule has 1 heterocycles. The number of nitrogens with zero attached hydrogens (tertiary/aromatic N) is 2. The van der Waals surface area contributed by atoms with Crippen LogP contribution >= 0.6 is 0 Å². The van der Waals surface area contributed by atoms with Gasteiger partial charge in [-0.25, -0.2) is 0 Å². The number of nitrogens with two attached hydrogens (primary N) is 1. The molecular formula is C8H15N3O. The lowest BCUT2D eigenvalue weighted by Gasteiger charge is -2.00. The van der Waals surface area contributed by atoms with Gasteiger partial charge in [0.1, 0.15) is 0 Å². The SMILES string of the molecule is COCCn1cc([C@@H](C)N)cn1. The van der Waals surface area contributed by atoms with Crippen LogP contribution in [-0.2, 0) is 11.3 Å². The molecule has 0 amide bonds. The van der Waals surface area contributed by atoms with Crippen LogP contribution in [0, 0.1) is 0 Å². The molecule has 68 valence electrons. The van der Waals surface area contributed by atoms with Gasteiger partial charge in [0.15, 0.2) is 0 Å². The fourth-order valence-electron chi connectivity index (χ4n) is 0.922. The molecule has 2 N–H and O–H groups in total. The monoisotopic (exact) mass is 169 g/mol. The molecule has 4 nitrogen and oxygen atoms in total. The highest BCUT2D eigenvalue weighted by Gasteiger charge is 2.01. The van der Waals surface area contributed by atoms with Gasteiger partial charge in [-0.3, -0.25) is 4.68 Å². The maximum absolute atomic E-state index is 5.67. The first-order valence-corrected chi connectivity index (χ1v) is 4.01. The molecule has 12 heavy (non-hydrogen) atoms. The summed E-state index contributed by atoms with van der Waals surface area (Å²) in [4.78, 5) is 0. The van der Waals surface area contributed by atoms with Gasteiger partial charge in [0.25, 0.3) is 0 Å². The summed E-state index contributed by atoms with van der Waals surface area (Å²) in [6, 6.07) is 0.0568. The van der Waals surface area contributed by atoms with Crippen molar-refractivity contribution in [2.75, 3.05) is 13.7 Å². The number of rotatable bonds is 4. The van der Waals surface area contributed by atoms with E-state index in [-0.39, 0.29) is 6.04 Å². The van der Waals surface area contributed by atoms with Crippen molar-refractivity contribution < 1.29 is 4.74 Å². The molecule has 0 saturated carbocycles. The van der Waals surface area contributed by atoms with Crippen molar-refractivity contribution in [1.82, 2.24) is 9.78 Å². The Morgan fingerprint density at radius 3 is 3.00 bits per heavy atom. The quantitative estimate of drug-likeness (QED) is 0.716. The predicted molar refractivity (Wildman–Crippen MR) is 46.7 cm³/mol. The Kier molecular flexibility index (Phi) is 3.25. The van der Waals surface area contributed by atoms with E-state index in [1.165, 1.54) is 0 Å². The minimum atomic E-state index is 0.0568. The lowest BCUT2D eigenvalue weighted by atomic mass is 10.2. The van der Waals surface area contributed by atoms with E-state index < -0.39 is 0 Å². The van der Waals surface area contributed by atoms with Gasteiger partial charge in [0, 0.05) is 24.9 Å². The summed E-state index contributed by atoms with van der Waals surface area (Å²) < 4.78 is 6.76. The predicted octanol–water partition coefficient (Wildman–Crippen LogP) is 0.549. The molecule has 0 fully saturated rings. The summed E-state index contributed by atoms with van der Waals surface area (Å²) in [6.07, 6.45) is 3.74. The summed E-state index contributed by atoms with van der Waals surface area (Å²) in [6.45, 7) is 3.40. The Hall–Kier alpha value is -0.870. The molecule has 0 aliphatic carbocycles. The molecule has 0 radical (unpaired) electrons. The Morgan fingerprint density at radius 1 is 1.75 bits per heavy atom. The van der Waals surface area contributed by atoms with E-state index in [9.17, 15) is 0 Å². The van der Waals surface area contributed by atoms with Gasteiger partial charge in [0.05, 0.1) is 19.3 Å². The van der Waals surface area contributed by atoms with E-state index in [0.29, 0.717) is 6.61 Å². The number of hydrogen-bond acceptors (Lipinski definition) is 3. The van der Waals surface area contributed by atoms with Gasteiger partial charge in [-0.05, 0) is 6.92 Å². The van der Waals surface area contributed by atoms with E-state index in [4.69, 9.17) is 10.5 Å². The molecule has 0 aromatic carbocycles. The van der Waals surface area contributed by atoms with E-state index in [1.807, 2.05) is 17.8 Å². The van der Waals surface area contributed by atoms with Crippen molar-refractivity contribution in [3.05, 3.63) is 18.0 Å². The third-order valence-corrected chi connectivity index (χ3v) is 1.70. The second kappa shape index (κ2) is 4.23. The van der Waals surface area contributed by atoms with Crippen molar-refractivity contribution in [3.8, 4) is 0 Å². The molecular weight excluding hydrogens is 154 g/mol. The van der Waals surface area contributed by atoms with E-state index in [0.717, 1.165) is 12.1 Å². The first-order chi connectivity index (χ1) is 5.74. The summed E-state index contributed by atoms with van der Waals surface area (Å²) >= 11 is 0. The number of methoxy groups -OCH3 is 1. The fourth-order valence-corrected chi connectivity index (χ4v) is 0.922. The summed E-state index contributed by atoms with van der Waals surface area (Å²) in [5.41, 5.74) is 6.73. The number of aromatic nitrogens is 2. The van der Waals surface area contributed by atoms with Crippen LogP contribution in [0.15, 0.2) is 12.4 Å². The van der Waals surface area contributed by atoms with Gasteiger partial charge >= 0.3 is 0 Å². The van der Waals surface area contributed by atoms with Crippen LogP contribution in [0.4, 0.5) is 0 Å². The third-order valence-electron chi connectivity index (χ3n) is 1.70. The Bertz CT molecular complexity index is 232. The van der Waals surface area contributed by atoms with Crippen LogP contribution in [0.1, 0.15) is 18.5 Å². The number of hydrogen-bond donors (Lipinski definition) is 1. The van der Waals surface area contributed by atoms with Crippen molar-refractivity contribution in [3.63, 3.8) is 0 Å². The van der Waals surface area contributed by atoms with E-state index in [1.54, 1.807) is 13.3 Å². The summed E-state index contributed by atoms with van der Waals surface area (Å²) in [5.74, 6) is 0. The number of ether oxygens (including phenoxy) is 1. The minimum absolute atomic E-state index is 0.0568. The Labute approximate surface area is 72.3 Å². The van der Waals surface area contributed by atoms with Crippen LogP contribution in [0.2, 0.25) is 0 Å². The van der Waals surface area contributed by atoms with Crippen molar-refractivity contribution in [1.29, 1.82) is 0 Å².